The summed E-state index contributed by atoms with van der Waals surface area (Å²) >= 11 is 0. The third-order valence-corrected chi connectivity index (χ3v) is 2.16. The van der Waals surface area contributed by atoms with Gasteiger partial charge in [0.05, 0.1) is 5.69 Å². The third kappa shape index (κ3) is 1.96. The zero-order valence-corrected chi connectivity index (χ0v) is 7.63. The van der Waals surface area contributed by atoms with Gasteiger partial charge in [-0.2, -0.15) is 0 Å². The average molecular weight is 185 g/mol. The Morgan fingerprint density at radius 1 is 1.42 bits per heavy atom. The van der Waals surface area contributed by atoms with Gasteiger partial charge in [0.25, 0.3) is 0 Å². The number of hydrogen-bond donors (Lipinski definition) is 1. The Balaban J connectivity index is 0.000000720. The molecule has 3 heteroatoms. The van der Waals surface area contributed by atoms with Gasteiger partial charge in [-0.05, 0) is 30.9 Å². The first kappa shape index (κ1) is 9.49. The molecule has 1 heterocycles. The van der Waals surface area contributed by atoms with Crippen LogP contribution >= 0.6 is 12.4 Å². The second-order valence-electron chi connectivity index (χ2n) is 3.12. The van der Waals surface area contributed by atoms with Crippen molar-refractivity contribution >= 4 is 12.4 Å². The molecule has 12 heavy (non-hydrogen) atoms. The second kappa shape index (κ2) is 3.87. The van der Waals surface area contributed by atoms with Crippen molar-refractivity contribution in [2.45, 2.75) is 18.9 Å². The molecule has 0 unspecified atom stereocenters. The number of nitrogens with two attached hydrogens (primary N) is 1. The lowest BCUT2D eigenvalue weighted by molar-refractivity contribution is 0.615. The summed E-state index contributed by atoms with van der Waals surface area (Å²) in [6, 6.07) is 6.09. The normalized spacial score (nSPS) is 18.1. The number of nitrogens with zero attached hydrogens (tertiary/aromatic N) is 1. The van der Waals surface area contributed by atoms with E-state index in [4.69, 9.17) is 5.73 Å². The van der Waals surface area contributed by atoms with Crippen molar-refractivity contribution in [2.24, 2.45) is 11.7 Å². The minimum absolute atomic E-state index is 0. The minimum Gasteiger partial charge on any atom is -0.322 e. The largest absolute Gasteiger partial charge is 0.322 e. The van der Waals surface area contributed by atoms with E-state index < -0.39 is 0 Å². The maximum atomic E-state index is 5.94. The number of halogens is 1. The van der Waals surface area contributed by atoms with Gasteiger partial charge in [0, 0.05) is 12.2 Å². The van der Waals surface area contributed by atoms with Gasteiger partial charge in [0.1, 0.15) is 0 Å². The van der Waals surface area contributed by atoms with Crippen molar-refractivity contribution in [1.29, 1.82) is 0 Å². The number of rotatable bonds is 2. The summed E-state index contributed by atoms with van der Waals surface area (Å²) < 4.78 is 0. The van der Waals surface area contributed by atoms with Gasteiger partial charge < -0.3 is 5.73 Å². The molecule has 1 fully saturated rings. The highest BCUT2D eigenvalue weighted by atomic mass is 35.5. The molecule has 0 amide bonds. The van der Waals surface area contributed by atoms with Crippen LogP contribution in [-0.2, 0) is 0 Å². The molecular formula is C9H13ClN2. The summed E-state index contributed by atoms with van der Waals surface area (Å²) in [6.07, 6.45) is 4.35. The topological polar surface area (TPSA) is 38.9 Å². The van der Waals surface area contributed by atoms with Crippen molar-refractivity contribution in [1.82, 2.24) is 4.98 Å². The highest BCUT2D eigenvalue weighted by molar-refractivity contribution is 5.85. The molecule has 1 aliphatic carbocycles. The van der Waals surface area contributed by atoms with Crippen LogP contribution in [0.25, 0.3) is 0 Å². The summed E-state index contributed by atoms with van der Waals surface area (Å²) in [5.74, 6) is 0.699. The molecule has 66 valence electrons. The zero-order chi connectivity index (χ0) is 7.68. The first-order chi connectivity index (χ1) is 5.38. The van der Waals surface area contributed by atoms with Gasteiger partial charge in [-0.3, -0.25) is 4.98 Å². The van der Waals surface area contributed by atoms with E-state index in [0.29, 0.717) is 5.92 Å². The van der Waals surface area contributed by atoms with Crippen LogP contribution in [0.3, 0.4) is 0 Å². The Morgan fingerprint density at radius 2 is 2.17 bits per heavy atom. The molecule has 1 atom stereocenters. The van der Waals surface area contributed by atoms with Gasteiger partial charge in [-0.15, -0.1) is 12.4 Å². The van der Waals surface area contributed by atoms with Gasteiger partial charge in [0.15, 0.2) is 0 Å². The molecule has 2 nitrogen and oxygen atoms in total. The Bertz CT molecular complexity index is 234. The molecule has 1 aliphatic rings. The third-order valence-electron chi connectivity index (χ3n) is 2.16. The number of pyridine rings is 1. The van der Waals surface area contributed by atoms with Crippen LogP contribution in [0.4, 0.5) is 0 Å². The molecule has 2 rings (SSSR count). The van der Waals surface area contributed by atoms with Crippen molar-refractivity contribution in [3.05, 3.63) is 30.1 Å². The minimum atomic E-state index is 0. The molecule has 1 aromatic heterocycles. The molecule has 0 saturated heterocycles. The van der Waals surface area contributed by atoms with Crippen molar-refractivity contribution in [3.63, 3.8) is 0 Å². The monoisotopic (exact) mass is 184 g/mol. The van der Waals surface area contributed by atoms with Crippen LogP contribution < -0.4 is 5.73 Å². The summed E-state index contributed by atoms with van der Waals surface area (Å²) in [6.45, 7) is 0. The van der Waals surface area contributed by atoms with Gasteiger partial charge in [-0.25, -0.2) is 0 Å². The Hall–Kier alpha value is -0.600. The summed E-state index contributed by atoms with van der Waals surface area (Å²) in [7, 11) is 0. The molecule has 1 saturated carbocycles. The van der Waals surface area contributed by atoms with Crippen LogP contribution in [0.1, 0.15) is 24.6 Å². The first-order valence-corrected chi connectivity index (χ1v) is 4.04. The molecular weight excluding hydrogens is 172 g/mol. The van der Waals surface area contributed by atoms with Crippen LogP contribution in [0.15, 0.2) is 24.4 Å². The Labute approximate surface area is 78.6 Å². The molecule has 2 N–H and O–H groups in total. The number of hydrogen-bond acceptors (Lipinski definition) is 2. The summed E-state index contributed by atoms with van der Waals surface area (Å²) in [5, 5.41) is 0. The van der Waals surface area contributed by atoms with E-state index in [0.717, 1.165) is 5.69 Å². The lowest BCUT2D eigenvalue weighted by Crippen LogP contribution is -2.13. The van der Waals surface area contributed by atoms with Crippen LogP contribution in [0, 0.1) is 5.92 Å². The number of aromatic nitrogens is 1. The molecule has 1 aromatic rings. The predicted molar refractivity (Wildman–Crippen MR) is 51.1 cm³/mol. The van der Waals surface area contributed by atoms with Gasteiger partial charge in [0.2, 0.25) is 0 Å². The Morgan fingerprint density at radius 3 is 2.67 bits per heavy atom. The first-order valence-electron chi connectivity index (χ1n) is 4.04. The highest BCUT2D eigenvalue weighted by Crippen LogP contribution is 2.38. The Kier molecular flexibility index (Phi) is 3.06. The smallest absolute Gasteiger partial charge is 0.0573 e. The average Bonchev–Trinajstić information content (AvgIpc) is 2.87. The quantitative estimate of drug-likeness (QED) is 0.763. The van der Waals surface area contributed by atoms with Gasteiger partial charge in [-0.1, -0.05) is 6.07 Å². The van der Waals surface area contributed by atoms with E-state index in [1.54, 1.807) is 6.20 Å². The maximum absolute atomic E-state index is 5.94. The van der Waals surface area contributed by atoms with E-state index in [-0.39, 0.29) is 18.4 Å². The van der Waals surface area contributed by atoms with E-state index in [2.05, 4.69) is 4.98 Å². The fourth-order valence-corrected chi connectivity index (χ4v) is 1.27. The van der Waals surface area contributed by atoms with E-state index in [1.807, 2.05) is 18.2 Å². The van der Waals surface area contributed by atoms with E-state index in [9.17, 15) is 0 Å². The lowest BCUT2D eigenvalue weighted by atomic mass is 10.1. The zero-order valence-electron chi connectivity index (χ0n) is 6.81. The van der Waals surface area contributed by atoms with Crippen molar-refractivity contribution in [2.75, 3.05) is 0 Å². The highest BCUT2D eigenvalue weighted by Gasteiger charge is 2.29. The fraction of sp³-hybridized carbons (Fsp3) is 0.444. The standard InChI is InChI=1S/C9H12N2.ClH/c10-9(7-4-5-7)8-3-1-2-6-11-8;/h1-3,6-7,9H,4-5,10H2;1H/t9-;/m1./s1. The second-order valence-corrected chi connectivity index (χ2v) is 3.12. The lowest BCUT2D eigenvalue weighted by Gasteiger charge is -2.07. The summed E-state index contributed by atoms with van der Waals surface area (Å²) in [4.78, 5) is 4.21. The van der Waals surface area contributed by atoms with E-state index in [1.165, 1.54) is 12.8 Å². The van der Waals surface area contributed by atoms with Crippen LogP contribution in [0.5, 0.6) is 0 Å². The van der Waals surface area contributed by atoms with Crippen molar-refractivity contribution in [3.8, 4) is 0 Å². The van der Waals surface area contributed by atoms with Crippen LogP contribution in [0.2, 0.25) is 0 Å². The molecule has 0 radical (unpaired) electrons. The molecule has 0 aliphatic heterocycles. The predicted octanol–water partition coefficient (Wildman–Crippen LogP) is 1.91. The van der Waals surface area contributed by atoms with Crippen molar-refractivity contribution < 1.29 is 0 Å². The van der Waals surface area contributed by atoms with Gasteiger partial charge >= 0.3 is 0 Å². The fourth-order valence-electron chi connectivity index (χ4n) is 1.27. The molecule has 0 aromatic carbocycles. The summed E-state index contributed by atoms with van der Waals surface area (Å²) in [5.41, 5.74) is 6.97. The van der Waals surface area contributed by atoms with E-state index >= 15 is 0 Å². The van der Waals surface area contributed by atoms with Crippen LogP contribution in [-0.4, -0.2) is 4.98 Å². The molecule has 0 bridgehead atoms. The molecule has 0 spiro atoms. The SMILES string of the molecule is Cl.N[C@@H](c1ccccn1)C1CC1. The maximum Gasteiger partial charge on any atom is 0.0573 e.